The maximum absolute atomic E-state index is 12.6. The highest BCUT2D eigenvalue weighted by Gasteiger charge is 2.39. The Bertz CT molecular complexity index is 1210. The minimum absolute atomic E-state index is 0.189. The zero-order valence-electron chi connectivity index (χ0n) is 15.7. The summed E-state index contributed by atoms with van der Waals surface area (Å²) in [5.74, 6) is 0.737. The molecule has 5 rings (SSSR count). The van der Waals surface area contributed by atoms with Gasteiger partial charge in [0.1, 0.15) is 5.75 Å². The number of ether oxygens (including phenoxy) is 1. The van der Waals surface area contributed by atoms with Crippen LogP contribution in [0, 0.1) is 0 Å². The van der Waals surface area contributed by atoms with Crippen molar-refractivity contribution in [3.8, 4) is 22.6 Å². The Hall–Kier alpha value is -3.45. The van der Waals surface area contributed by atoms with Crippen LogP contribution in [-0.2, 0) is 0 Å². The average Bonchev–Trinajstić information content (AvgIpc) is 3.34. The molecule has 0 bridgehead atoms. The Kier molecular flexibility index (Phi) is 4.17. The van der Waals surface area contributed by atoms with Crippen LogP contribution in [0.15, 0.2) is 66.1 Å². The first kappa shape index (κ1) is 17.6. The summed E-state index contributed by atoms with van der Waals surface area (Å²) in [6.45, 7) is 0.486. The van der Waals surface area contributed by atoms with Crippen molar-refractivity contribution >= 4 is 11.0 Å². The van der Waals surface area contributed by atoms with Gasteiger partial charge in [-0.3, -0.25) is 14.3 Å². The van der Waals surface area contributed by atoms with E-state index in [-0.39, 0.29) is 5.56 Å². The number of nitrogens with one attached hydrogen (secondary N) is 1. The second-order valence-electron chi connectivity index (χ2n) is 7.40. The van der Waals surface area contributed by atoms with Crippen LogP contribution >= 0.6 is 0 Å². The molecule has 7 nitrogen and oxygen atoms in total. The van der Waals surface area contributed by atoms with E-state index < -0.39 is 5.60 Å². The second-order valence-corrected chi connectivity index (χ2v) is 7.40. The van der Waals surface area contributed by atoms with Crippen LogP contribution in [0.3, 0.4) is 0 Å². The Balaban J connectivity index is 1.49. The van der Waals surface area contributed by atoms with Gasteiger partial charge < -0.3 is 14.8 Å². The van der Waals surface area contributed by atoms with Crippen molar-refractivity contribution in [1.82, 2.24) is 19.5 Å². The minimum atomic E-state index is -0.512. The molecule has 146 valence electrons. The molecule has 0 amide bonds. The molecule has 0 unspecified atom stereocenters. The number of aliphatic hydroxyl groups is 1. The molecule has 3 aromatic heterocycles. The van der Waals surface area contributed by atoms with E-state index in [4.69, 9.17) is 4.74 Å². The molecule has 7 heteroatoms. The maximum Gasteiger partial charge on any atom is 0.260 e. The van der Waals surface area contributed by atoms with E-state index in [0.29, 0.717) is 24.1 Å². The number of fused-ring (bicyclic) bond motifs is 1. The molecule has 1 aromatic carbocycles. The Morgan fingerprint density at radius 1 is 1.21 bits per heavy atom. The first-order valence-corrected chi connectivity index (χ1v) is 9.58. The van der Waals surface area contributed by atoms with Gasteiger partial charge in [-0.05, 0) is 42.7 Å². The summed E-state index contributed by atoms with van der Waals surface area (Å²) in [6, 6.07) is 11.4. The van der Waals surface area contributed by atoms with Crippen LogP contribution in [0.25, 0.3) is 27.8 Å². The fourth-order valence-corrected chi connectivity index (χ4v) is 3.47. The van der Waals surface area contributed by atoms with Crippen molar-refractivity contribution in [2.45, 2.75) is 24.9 Å². The summed E-state index contributed by atoms with van der Waals surface area (Å²) in [5.41, 5.74) is 2.39. The van der Waals surface area contributed by atoms with E-state index in [1.54, 1.807) is 12.4 Å². The van der Waals surface area contributed by atoms with Gasteiger partial charge in [-0.15, -0.1) is 0 Å². The van der Waals surface area contributed by atoms with E-state index in [1.807, 2.05) is 47.2 Å². The number of hydrogen-bond donors (Lipinski definition) is 2. The van der Waals surface area contributed by atoms with Crippen molar-refractivity contribution in [2.75, 3.05) is 6.61 Å². The third-order valence-electron chi connectivity index (χ3n) is 5.34. The highest BCUT2D eigenvalue weighted by atomic mass is 16.5. The van der Waals surface area contributed by atoms with Crippen LogP contribution in [0.5, 0.6) is 5.75 Å². The van der Waals surface area contributed by atoms with Crippen LogP contribution in [0.1, 0.15) is 19.3 Å². The summed E-state index contributed by atoms with van der Waals surface area (Å²) in [4.78, 5) is 23.8. The monoisotopic (exact) mass is 388 g/mol. The lowest BCUT2D eigenvalue weighted by Crippen LogP contribution is -2.12. The second kappa shape index (κ2) is 6.86. The Morgan fingerprint density at radius 2 is 2.03 bits per heavy atom. The molecule has 29 heavy (non-hydrogen) atoms. The van der Waals surface area contributed by atoms with Gasteiger partial charge in [0.2, 0.25) is 0 Å². The Morgan fingerprint density at radius 3 is 2.76 bits per heavy atom. The topological polar surface area (TPSA) is 93.0 Å². The molecule has 1 saturated carbocycles. The van der Waals surface area contributed by atoms with E-state index in [0.717, 1.165) is 35.4 Å². The van der Waals surface area contributed by atoms with Gasteiger partial charge >= 0.3 is 0 Å². The number of H-pyrrole nitrogens is 1. The van der Waals surface area contributed by atoms with E-state index in [2.05, 4.69) is 15.0 Å². The number of rotatable bonds is 6. The summed E-state index contributed by atoms with van der Waals surface area (Å²) < 4.78 is 7.61. The Labute approximate surface area is 166 Å². The molecule has 0 atom stereocenters. The molecule has 1 aliphatic carbocycles. The molecule has 4 aromatic rings. The molecule has 1 fully saturated rings. The third-order valence-corrected chi connectivity index (χ3v) is 5.34. The molecule has 0 saturated heterocycles. The summed E-state index contributed by atoms with van der Waals surface area (Å²) >= 11 is 0. The van der Waals surface area contributed by atoms with Crippen LogP contribution < -0.4 is 10.3 Å². The quantitative estimate of drug-likeness (QED) is 0.530. The maximum atomic E-state index is 12.6. The van der Waals surface area contributed by atoms with Gasteiger partial charge in [-0.1, -0.05) is 12.1 Å². The van der Waals surface area contributed by atoms with Gasteiger partial charge in [-0.2, -0.15) is 0 Å². The number of nitrogens with zero attached hydrogens (tertiary/aromatic N) is 3. The third kappa shape index (κ3) is 3.40. The van der Waals surface area contributed by atoms with E-state index >= 15 is 0 Å². The van der Waals surface area contributed by atoms with E-state index in [9.17, 15) is 9.90 Å². The van der Waals surface area contributed by atoms with Crippen molar-refractivity contribution in [3.05, 3.63) is 71.7 Å². The number of pyridine rings is 1. The lowest BCUT2D eigenvalue weighted by molar-refractivity contribution is 0.117. The summed E-state index contributed by atoms with van der Waals surface area (Å²) in [6.07, 6.45) is 9.12. The predicted octanol–water partition coefficient (Wildman–Crippen LogP) is 3.07. The van der Waals surface area contributed by atoms with E-state index in [1.165, 1.54) is 6.33 Å². The largest absolute Gasteiger partial charge is 0.493 e. The first-order valence-electron chi connectivity index (χ1n) is 9.58. The highest BCUT2D eigenvalue weighted by Crippen LogP contribution is 2.38. The highest BCUT2D eigenvalue weighted by molar-refractivity contribution is 5.94. The SMILES string of the molecule is O=c1[nH]cnc2c1c(-c1ccc(OCCC3(O)CC3)cc1)cn2-c1cccnc1. The van der Waals surface area contributed by atoms with Crippen LogP contribution in [0.2, 0.25) is 0 Å². The number of benzene rings is 1. The first-order chi connectivity index (χ1) is 14.1. The van der Waals surface area contributed by atoms with Gasteiger partial charge in [0, 0.05) is 24.4 Å². The lowest BCUT2D eigenvalue weighted by Gasteiger charge is -2.10. The molecule has 3 heterocycles. The molecule has 0 radical (unpaired) electrons. The smallest absolute Gasteiger partial charge is 0.260 e. The lowest BCUT2D eigenvalue weighted by atomic mass is 10.1. The fraction of sp³-hybridized carbons (Fsp3) is 0.227. The number of hydrogen-bond acceptors (Lipinski definition) is 5. The molecule has 0 aliphatic heterocycles. The molecule has 1 aliphatic rings. The van der Waals surface area contributed by atoms with Gasteiger partial charge in [0.25, 0.3) is 5.56 Å². The molecule has 2 N–H and O–H groups in total. The number of aromatic nitrogens is 4. The summed E-state index contributed by atoms with van der Waals surface area (Å²) in [5, 5.41) is 10.4. The fourth-order valence-electron chi connectivity index (χ4n) is 3.47. The minimum Gasteiger partial charge on any atom is -0.493 e. The van der Waals surface area contributed by atoms with Gasteiger partial charge in [-0.25, -0.2) is 4.98 Å². The molecular formula is C22H20N4O3. The average molecular weight is 388 g/mol. The van der Waals surface area contributed by atoms with Crippen molar-refractivity contribution < 1.29 is 9.84 Å². The molecule has 0 spiro atoms. The van der Waals surface area contributed by atoms with Crippen LogP contribution in [0.4, 0.5) is 0 Å². The number of aromatic amines is 1. The predicted molar refractivity (Wildman–Crippen MR) is 109 cm³/mol. The summed E-state index contributed by atoms with van der Waals surface area (Å²) in [7, 11) is 0. The van der Waals surface area contributed by atoms with Crippen molar-refractivity contribution in [2.24, 2.45) is 0 Å². The zero-order chi connectivity index (χ0) is 19.8. The zero-order valence-corrected chi connectivity index (χ0v) is 15.7. The van der Waals surface area contributed by atoms with Gasteiger partial charge in [0.15, 0.2) is 5.65 Å². The van der Waals surface area contributed by atoms with Crippen LogP contribution in [-0.4, -0.2) is 36.8 Å². The van der Waals surface area contributed by atoms with Gasteiger partial charge in [0.05, 0.1) is 35.8 Å². The molecular weight excluding hydrogens is 368 g/mol. The van der Waals surface area contributed by atoms with Crippen molar-refractivity contribution in [1.29, 1.82) is 0 Å². The standard InChI is InChI=1S/C22H20N4O3/c27-21-19-18(13-26(20(19)24-14-25-21)16-2-1-10-23-12-16)15-3-5-17(6-4-15)29-11-9-22(28)7-8-22/h1-6,10,12-14,28H,7-9,11H2,(H,24,25,27). The van der Waals surface area contributed by atoms with Crippen molar-refractivity contribution in [3.63, 3.8) is 0 Å². The normalized spacial score (nSPS) is 14.8.